The molecule has 0 radical (unpaired) electrons. The number of rotatable bonds is 2. The highest BCUT2D eigenvalue weighted by Gasteiger charge is 2.21. The quantitative estimate of drug-likeness (QED) is 0.804. The van der Waals surface area contributed by atoms with E-state index in [-0.39, 0.29) is 5.69 Å². The molecule has 0 fully saturated rings. The van der Waals surface area contributed by atoms with Crippen LogP contribution in [0.25, 0.3) is 0 Å². The number of carbonyl (C=O) groups is 1. The van der Waals surface area contributed by atoms with Crippen molar-refractivity contribution in [1.29, 1.82) is 0 Å². The zero-order chi connectivity index (χ0) is 10.9. The first-order chi connectivity index (χ1) is 6.43. The molecule has 1 N–H and O–H groups in total. The number of pyridine rings is 1. The summed E-state index contributed by atoms with van der Waals surface area (Å²) in [5, 5.41) is 8.49. The number of hydrogen-bond donors (Lipinski definition) is 1. The van der Waals surface area contributed by atoms with Crippen LogP contribution in [-0.4, -0.2) is 16.1 Å². The Labute approximate surface area is 77.2 Å². The van der Waals surface area contributed by atoms with E-state index in [0.29, 0.717) is 6.07 Å². The molecule has 1 rings (SSSR count). The van der Waals surface area contributed by atoms with Gasteiger partial charge in [0.1, 0.15) is 11.5 Å². The van der Waals surface area contributed by atoms with E-state index in [1.807, 2.05) is 0 Å². The highest BCUT2D eigenvalue weighted by atomic mass is 19.3. The Bertz CT molecular complexity index is 379. The van der Waals surface area contributed by atoms with Gasteiger partial charge in [0.15, 0.2) is 0 Å². The third kappa shape index (κ3) is 1.84. The van der Waals surface area contributed by atoms with E-state index >= 15 is 0 Å². The van der Waals surface area contributed by atoms with Crippen LogP contribution in [0.15, 0.2) is 6.07 Å². The number of carboxylic acid groups (broad SMARTS) is 1. The first-order valence-corrected chi connectivity index (χ1v) is 3.62. The van der Waals surface area contributed by atoms with E-state index in [1.54, 1.807) is 0 Å². The van der Waals surface area contributed by atoms with E-state index in [0.717, 1.165) is 0 Å². The van der Waals surface area contributed by atoms with Crippen molar-refractivity contribution in [3.8, 4) is 0 Å². The molecule has 1 aromatic heterocycles. The maximum Gasteiger partial charge on any atom is 0.337 e. The van der Waals surface area contributed by atoms with Gasteiger partial charge in [0.25, 0.3) is 6.43 Å². The fourth-order valence-corrected chi connectivity index (χ4v) is 0.937. The summed E-state index contributed by atoms with van der Waals surface area (Å²) in [5.41, 5.74) is -1.95. The van der Waals surface area contributed by atoms with Crippen LogP contribution < -0.4 is 0 Å². The predicted octanol–water partition coefficient (Wildman–Crippen LogP) is 2.16. The summed E-state index contributed by atoms with van der Waals surface area (Å²) in [6.45, 7) is 1.19. The predicted molar refractivity (Wildman–Crippen MR) is 40.8 cm³/mol. The van der Waals surface area contributed by atoms with E-state index in [9.17, 15) is 18.0 Å². The number of hydrogen-bond acceptors (Lipinski definition) is 2. The average Bonchev–Trinajstić information content (AvgIpc) is 2.08. The summed E-state index contributed by atoms with van der Waals surface area (Å²) in [6, 6.07) is 0.548. The zero-order valence-electron chi connectivity index (χ0n) is 7.09. The van der Waals surface area contributed by atoms with Crippen molar-refractivity contribution in [2.75, 3.05) is 0 Å². The van der Waals surface area contributed by atoms with E-state index < -0.39 is 29.5 Å². The lowest BCUT2D eigenvalue weighted by Crippen LogP contribution is -2.08. The van der Waals surface area contributed by atoms with Crippen molar-refractivity contribution in [2.24, 2.45) is 0 Å². The maximum atomic E-state index is 12.8. The Morgan fingerprint density at radius 2 is 2.14 bits per heavy atom. The van der Waals surface area contributed by atoms with Crippen LogP contribution in [0.2, 0.25) is 0 Å². The number of aryl methyl sites for hydroxylation is 1. The molecule has 0 bridgehead atoms. The molecule has 0 spiro atoms. The fourth-order valence-electron chi connectivity index (χ4n) is 0.937. The number of halogens is 3. The molecule has 1 heterocycles. The lowest BCUT2D eigenvalue weighted by Gasteiger charge is -2.05. The first kappa shape index (κ1) is 10.5. The lowest BCUT2D eigenvalue weighted by atomic mass is 10.1. The maximum absolute atomic E-state index is 12.8. The minimum Gasteiger partial charge on any atom is -0.478 e. The summed E-state index contributed by atoms with van der Waals surface area (Å²) < 4.78 is 37.3. The Balaban J connectivity index is 3.39. The SMILES string of the molecule is Cc1nc(C(F)F)c(C(=O)O)cc1F. The number of aromatic nitrogens is 1. The summed E-state index contributed by atoms with van der Waals surface area (Å²) in [7, 11) is 0. The van der Waals surface area contributed by atoms with Crippen LogP contribution in [-0.2, 0) is 0 Å². The highest BCUT2D eigenvalue weighted by molar-refractivity contribution is 5.89. The van der Waals surface area contributed by atoms with Crippen LogP contribution in [0, 0.1) is 12.7 Å². The molecule has 1 aromatic rings. The van der Waals surface area contributed by atoms with Crippen molar-refractivity contribution < 1.29 is 23.1 Å². The van der Waals surface area contributed by atoms with Gasteiger partial charge in [0.2, 0.25) is 0 Å². The molecule has 0 unspecified atom stereocenters. The minimum atomic E-state index is -3.03. The van der Waals surface area contributed by atoms with Gasteiger partial charge in [0.05, 0.1) is 11.3 Å². The van der Waals surface area contributed by atoms with Crippen molar-refractivity contribution in [1.82, 2.24) is 4.98 Å². The van der Waals surface area contributed by atoms with E-state index in [1.165, 1.54) is 6.92 Å². The molecular formula is C8H6F3NO2. The van der Waals surface area contributed by atoms with Crippen LogP contribution in [0.1, 0.15) is 28.2 Å². The van der Waals surface area contributed by atoms with Gasteiger partial charge >= 0.3 is 5.97 Å². The Hall–Kier alpha value is -1.59. The van der Waals surface area contributed by atoms with Gasteiger partial charge < -0.3 is 5.11 Å². The molecule has 0 aliphatic carbocycles. The molecule has 0 amide bonds. The molecule has 0 aliphatic rings. The van der Waals surface area contributed by atoms with E-state index in [2.05, 4.69) is 4.98 Å². The van der Waals surface area contributed by atoms with Crippen LogP contribution in [0.3, 0.4) is 0 Å². The number of aromatic carboxylic acids is 1. The Morgan fingerprint density at radius 1 is 1.57 bits per heavy atom. The molecule has 76 valence electrons. The number of alkyl halides is 2. The molecule has 3 nitrogen and oxygen atoms in total. The highest BCUT2D eigenvalue weighted by Crippen LogP contribution is 2.22. The first-order valence-electron chi connectivity index (χ1n) is 3.62. The molecule has 0 saturated heterocycles. The smallest absolute Gasteiger partial charge is 0.337 e. The third-order valence-electron chi connectivity index (χ3n) is 1.62. The normalized spacial score (nSPS) is 10.6. The molecule has 14 heavy (non-hydrogen) atoms. The molecule has 0 aromatic carbocycles. The Morgan fingerprint density at radius 3 is 2.57 bits per heavy atom. The zero-order valence-corrected chi connectivity index (χ0v) is 7.09. The lowest BCUT2D eigenvalue weighted by molar-refractivity contribution is 0.0681. The molecule has 0 saturated carbocycles. The van der Waals surface area contributed by atoms with Gasteiger partial charge in [0, 0.05) is 0 Å². The topological polar surface area (TPSA) is 50.2 Å². The summed E-state index contributed by atoms with van der Waals surface area (Å²) in [6.07, 6.45) is -3.03. The van der Waals surface area contributed by atoms with Gasteiger partial charge in [-0.25, -0.2) is 22.9 Å². The number of carboxylic acids is 1. The van der Waals surface area contributed by atoms with Crippen molar-refractivity contribution >= 4 is 5.97 Å². The summed E-state index contributed by atoms with van der Waals surface area (Å²) >= 11 is 0. The van der Waals surface area contributed by atoms with Crippen LogP contribution in [0.5, 0.6) is 0 Å². The van der Waals surface area contributed by atoms with Crippen molar-refractivity contribution in [3.05, 3.63) is 28.8 Å². The monoisotopic (exact) mass is 205 g/mol. The second kappa shape index (κ2) is 3.65. The standard InChI is InChI=1S/C8H6F3NO2/c1-3-5(9)2-4(8(13)14)6(12-3)7(10)11/h2,7H,1H3,(H,13,14). The average molecular weight is 205 g/mol. The molecule has 0 atom stereocenters. The fraction of sp³-hybridized carbons (Fsp3) is 0.250. The second-order valence-corrected chi connectivity index (χ2v) is 2.59. The van der Waals surface area contributed by atoms with Crippen LogP contribution in [0.4, 0.5) is 13.2 Å². The third-order valence-corrected chi connectivity index (χ3v) is 1.62. The second-order valence-electron chi connectivity index (χ2n) is 2.59. The molecular weight excluding hydrogens is 199 g/mol. The minimum absolute atomic E-state index is 0.245. The Kier molecular flexibility index (Phi) is 2.73. The van der Waals surface area contributed by atoms with Gasteiger partial charge in [-0.15, -0.1) is 0 Å². The molecule has 6 heteroatoms. The molecule has 0 aliphatic heterocycles. The van der Waals surface area contributed by atoms with Gasteiger partial charge in [-0.1, -0.05) is 0 Å². The van der Waals surface area contributed by atoms with Gasteiger partial charge in [-0.05, 0) is 13.0 Å². The number of nitrogens with zero attached hydrogens (tertiary/aromatic N) is 1. The van der Waals surface area contributed by atoms with Gasteiger partial charge in [-0.3, -0.25) is 0 Å². The van der Waals surface area contributed by atoms with Crippen molar-refractivity contribution in [3.63, 3.8) is 0 Å². The van der Waals surface area contributed by atoms with Crippen LogP contribution >= 0.6 is 0 Å². The van der Waals surface area contributed by atoms with E-state index in [4.69, 9.17) is 5.11 Å². The van der Waals surface area contributed by atoms with Gasteiger partial charge in [-0.2, -0.15) is 0 Å². The summed E-state index contributed by atoms with van der Waals surface area (Å²) in [5.74, 6) is -2.53. The largest absolute Gasteiger partial charge is 0.478 e. The van der Waals surface area contributed by atoms with Crippen molar-refractivity contribution in [2.45, 2.75) is 13.3 Å². The summed E-state index contributed by atoms with van der Waals surface area (Å²) in [4.78, 5) is 13.6.